The molecule has 1 heterocycles. The summed E-state index contributed by atoms with van der Waals surface area (Å²) >= 11 is 10.4. The number of aromatic nitrogens is 2. The van der Waals surface area contributed by atoms with Gasteiger partial charge in [-0.05, 0) is 75.2 Å². The van der Waals surface area contributed by atoms with Gasteiger partial charge in [0.1, 0.15) is 5.82 Å². The van der Waals surface area contributed by atoms with E-state index in [-0.39, 0.29) is 18.1 Å². The normalized spacial score (nSPS) is 11.1. The molecule has 0 bridgehead atoms. The van der Waals surface area contributed by atoms with E-state index in [2.05, 4.69) is 63.2 Å². The molecule has 0 aliphatic heterocycles. The Morgan fingerprint density at radius 1 is 1.11 bits per heavy atom. The molecule has 0 unspecified atom stereocenters. The molecule has 1 N–H and O–H groups in total. The smallest absolute Gasteiger partial charge is 0.282 e. The predicted octanol–water partition coefficient (Wildman–Crippen LogP) is 5.90. The molecular weight excluding hydrogens is 660 g/mol. The van der Waals surface area contributed by atoms with Gasteiger partial charge < -0.3 is 14.8 Å². The molecule has 3 aromatic carbocycles. The van der Waals surface area contributed by atoms with Crippen LogP contribution in [0, 0.1) is 6.92 Å². The van der Waals surface area contributed by atoms with Crippen LogP contribution in [0.1, 0.15) is 11.4 Å². The lowest BCUT2D eigenvalue weighted by atomic mass is 10.2. The number of ether oxygens (including phenoxy) is 2. The van der Waals surface area contributed by atoms with E-state index in [9.17, 15) is 9.59 Å². The highest BCUT2D eigenvalue weighted by molar-refractivity contribution is 9.13. The van der Waals surface area contributed by atoms with Gasteiger partial charge in [0.2, 0.25) is 0 Å². The summed E-state index contributed by atoms with van der Waals surface area (Å²) in [4.78, 5) is 29.8. The third-order valence-corrected chi connectivity index (χ3v) is 7.70. The summed E-state index contributed by atoms with van der Waals surface area (Å²) in [5, 5.41) is 7.59. The lowest BCUT2D eigenvalue weighted by molar-refractivity contribution is -0.118. The van der Waals surface area contributed by atoms with E-state index >= 15 is 0 Å². The van der Waals surface area contributed by atoms with Crippen LogP contribution in [0.25, 0.3) is 10.9 Å². The van der Waals surface area contributed by atoms with Crippen molar-refractivity contribution in [2.45, 2.75) is 6.92 Å². The summed E-state index contributed by atoms with van der Waals surface area (Å²) < 4.78 is 14.4. The van der Waals surface area contributed by atoms with E-state index in [1.54, 1.807) is 37.3 Å². The first kappa shape index (κ1) is 26.1. The van der Waals surface area contributed by atoms with E-state index in [1.165, 1.54) is 18.0 Å². The average molecular weight is 679 g/mol. The van der Waals surface area contributed by atoms with Crippen molar-refractivity contribution in [2.75, 3.05) is 19.0 Å². The van der Waals surface area contributed by atoms with Crippen molar-refractivity contribution in [3.63, 3.8) is 0 Å². The summed E-state index contributed by atoms with van der Waals surface area (Å²) in [7, 11) is 1.49. The Morgan fingerprint density at radius 3 is 2.58 bits per heavy atom. The Labute approximate surface area is 231 Å². The topological polar surface area (TPSA) is 94.8 Å². The maximum atomic E-state index is 13.0. The van der Waals surface area contributed by atoms with Gasteiger partial charge in [0, 0.05) is 20.2 Å². The molecule has 0 aliphatic rings. The third-order valence-electron chi connectivity index (χ3n) is 5.06. The van der Waals surface area contributed by atoms with Crippen molar-refractivity contribution in [2.24, 2.45) is 5.10 Å². The van der Waals surface area contributed by atoms with Crippen LogP contribution in [0.3, 0.4) is 0 Å². The molecular formula is C25H19Br3N4O4. The second-order valence-electron chi connectivity index (χ2n) is 7.51. The highest BCUT2D eigenvalue weighted by Gasteiger charge is 2.18. The first-order chi connectivity index (χ1) is 17.3. The van der Waals surface area contributed by atoms with Crippen LogP contribution in [0.4, 0.5) is 5.69 Å². The molecule has 8 nitrogen and oxygen atoms in total. The van der Waals surface area contributed by atoms with Crippen LogP contribution in [-0.4, -0.2) is 35.5 Å². The summed E-state index contributed by atoms with van der Waals surface area (Å²) in [5.41, 5.74) is 1.59. The minimum atomic E-state index is -0.317. The van der Waals surface area contributed by atoms with Crippen LogP contribution in [0.2, 0.25) is 0 Å². The number of hydrogen-bond donors (Lipinski definition) is 1. The van der Waals surface area contributed by atoms with Gasteiger partial charge in [0.25, 0.3) is 11.5 Å². The number of carbonyl (C=O) groups is 1. The van der Waals surface area contributed by atoms with Gasteiger partial charge in [-0.3, -0.25) is 9.59 Å². The molecule has 0 saturated heterocycles. The number of rotatable bonds is 7. The number of carbonyl (C=O) groups excluding carboxylic acids is 1. The number of nitrogens with one attached hydrogen (secondary N) is 1. The molecule has 1 aromatic heterocycles. The first-order valence-electron chi connectivity index (χ1n) is 10.6. The molecule has 0 aliphatic carbocycles. The van der Waals surface area contributed by atoms with Gasteiger partial charge in [-0.15, -0.1) is 0 Å². The molecule has 0 spiro atoms. The standard InChI is InChI=1S/C25H19Br3N4O4/c1-14-30-19-9-8-16(26)11-18(19)25(34)32(14)29-12-15-10-20(35-2)24(23(28)22(15)27)36-13-21(33)31-17-6-4-3-5-7-17/h3-12H,13H2,1-2H3,(H,31,33). The number of anilines is 1. The molecule has 0 saturated carbocycles. The second-order valence-corrected chi connectivity index (χ2v) is 10.0. The number of para-hydroxylation sites is 1. The van der Waals surface area contributed by atoms with Gasteiger partial charge in [0.15, 0.2) is 18.1 Å². The zero-order valence-corrected chi connectivity index (χ0v) is 23.8. The van der Waals surface area contributed by atoms with Gasteiger partial charge in [-0.25, -0.2) is 4.98 Å². The van der Waals surface area contributed by atoms with Crippen molar-refractivity contribution < 1.29 is 14.3 Å². The number of nitrogens with zero attached hydrogens (tertiary/aromatic N) is 3. The Balaban J connectivity index is 1.60. The minimum Gasteiger partial charge on any atom is -0.493 e. The number of methoxy groups -OCH3 is 1. The maximum Gasteiger partial charge on any atom is 0.282 e. The van der Waals surface area contributed by atoms with Crippen LogP contribution >= 0.6 is 47.8 Å². The molecule has 0 fully saturated rings. The molecule has 0 atom stereocenters. The first-order valence-corrected chi connectivity index (χ1v) is 12.9. The van der Waals surface area contributed by atoms with Crippen molar-refractivity contribution >= 4 is 76.5 Å². The Morgan fingerprint density at radius 2 is 1.86 bits per heavy atom. The van der Waals surface area contributed by atoms with Crippen molar-refractivity contribution in [3.05, 3.63) is 89.8 Å². The van der Waals surface area contributed by atoms with E-state index < -0.39 is 0 Å². The number of benzene rings is 3. The summed E-state index contributed by atoms with van der Waals surface area (Å²) in [5.74, 6) is 0.846. The summed E-state index contributed by atoms with van der Waals surface area (Å²) in [6.45, 7) is 1.49. The van der Waals surface area contributed by atoms with Crippen molar-refractivity contribution in [1.29, 1.82) is 0 Å². The number of halogens is 3. The number of aryl methyl sites for hydroxylation is 1. The van der Waals surface area contributed by atoms with Gasteiger partial charge in [-0.2, -0.15) is 9.78 Å². The van der Waals surface area contributed by atoms with E-state index in [1.807, 2.05) is 24.3 Å². The van der Waals surface area contributed by atoms with E-state index in [0.717, 1.165) is 4.47 Å². The molecule has 0 radical (unpaired) electrons. The van der Waals surface area contributed by atoms with Crippen molar-refractivity contribution in [3.8, 4) is 11.5 Å². The lowest BCUT2D eigenvalue weighted by Gasteiger charge is -2.15. The highest BCUT2D eigenvalue weighted by atomic mass is 79.9. The van der Waals surface area contributed by atoms with Crippen LogP contribution < -0.4 is 20.3 Å². The maximum absolute atomic E-state index is 13.0. The fraction of sp³-hybridized carbons (Fsp3) is 0.120. The van der Waals surface area contributed by atoms with Gasteiger partial charge in [0.05, 0.1) is 28.7 Å². The quantitative estimate of drug-likeness (QED) is 0.246. The molecule has 1 amide bonds. The number of hydrogen-bond acceptors (Lipinski definition) is 6. The van der Waals surface area contributed by atoms with E-state index in [4.69, 9.17) is 9.47 Å². The van der Waals surface area contributed by atoms with E-state index in [0.29, 0.717) is 48.4 Å². The monoisotopic (exact) mass is 676 g/mol. The molecule has 11 heteroatoms. The second kappa shape index (κ2) is 11.4. The molecule has 4 aromatic rings. The Hall–Kier alpha value is -3.02. The lowest BCUT2D eigenvalue weighted by Crippen LogP contribution is -2.21. The molecule has 36 heavy (non-hydrogen) atoms. The number of amides is 1. The zero-order chi connectivity index (χ0) is 25.8. The van der Waals surface area contributed by atoms with Crippen LogP contribution in [0.15, 0.2) is 77.9 Å². The Kier molecular flexibility index (Phi) is 8.22. The van der Waals surface area contributed by atoms with Gasteiger partial charge >= 0.3 is 0 Å². The zero-order valence-electron chi connectivity index (χ0n) is 19.1. The largest absolute Gasteiger partial charge is 0.493 e. The van der Waals surface area contributed by atoms with Crippen molar-refractivity contribution in [1.82, 2.24) is 9.66 Å². The number of fused-ring (bicyclic) bond motifs is 1. The van der Waals surface area contributed by atoms with Gasteiger partial charge in [-0.1, -0.05) is 34.1 Å². The summed E-state index contributed by atoms with van der Waals surface area (Å²) in [6, 6.07) is 16.1. The Bertz CT molecular complexity index is 1540. The third kappa shape index (κ3) is 5.69. The fourth-order valence-electron chi connectivity index (χ4n) is 3.36. The predicted molar refractivity (Wildman–Crippen MR) is 150 cm³/mol. The SMILES string of the molecule is COc1cc(C=Nn2c(C)nc3ccc(Br)cc3c2=O)c(Br)c(Br)c1OCC(=O)Nc1ccccc1. The summed E-state index contributed by atoms with van der Waals surface area (Å²) in [6.07, 6.45) is 1.52. The van der Waals surface area contributed by atoms with Crippen LogP contribution in [-0.2, 0) is 4.79 Å². The highest BCUT2D eigenvalue weighted by Crippen LogP contribution is 2.42. The minimum absolute atomic E-state index is 0.226. The van der Waals surface area contributed by atoms with Crippen LogP contribution in [0.5, 0.6) is 11.5 Å². The molecule has 184 valence electrons. The molecule has 4 rings (SSSR count). The fourth-order valence-corrected chi connectivity index (χ4v) is 4.65. The average Bonchev–Trinajstić information content (AvgIpc) is 2.86.